The van der Waals surface area contributed by atoms with Crippen molar-refractivity contribution in [2.45, 2.75) is 25.2 Å². The Kier molecular flexibility index (Phi) is 3.04. The number of nitrogens with zero attached hydrogens (tertiary/aromatic N) is 1. The second kappa shape index (κ2) is 4.69. The van der Waals surface area contributed by atoms with Crippen molar-refractivity contribution in [1.82, 2.24) is 0 Å². The molecular formula is C16H17NS. The summed E-state index contributed by atoms with van der Waals surface area (Å²) in [4.78, 5) is 1.31. The highest BCUT2D eigenvalue weighted by Gasteiger charge is 2.19. The molecule has 0 saturated carbocycles. The molecule has 0 unspecified atom stereocenters. The third-order valence-corrected chi connectivity index (χ3v) is 4.41. The van der Waals surface area contributed by atoms with Gasteiger partial charge < -0.3 is 4.31 Å². The van der Waals surface area contributed by atoms with Crippen molar-refractivity contribution in [1.29, 1.82) is 0 Å². The first kappa shape index (κ1) is 11.7. The molecule has 0 radical (unpaired) electrons. The molecule has 0 N–H and O–H groups in total. The minimum absolute atomic E-state index is 1.11. The maximum absolute atomic E-state index is 2.41. The van der Waals surface area contributed by atoms with Crippen molar-refractivity contribution in [2.75, 3.05) is 10.8 Å². The second-order valence-corrected chi connectivity index (χ2v) is 5.98. The van der Waals surface area contributed by atoms with E-state index in [2.05, 4.69) is 60.6 Å². The summed E-state index contributed by atoms with van der Waals surface area (Å²) >= 11 is 1.84. The van der Waals surface area contributed by atoms with Crippen molar-refractivity contribution >= 4 is 17.6 Å². The van der Waals surface area contributed by atoms with E-state index < -0.39 is 0 Å². The molecule has 1 heterocycles. The lowest BCUT2D eigenvalue weighted by Crippen LogP contribution is -2.09. The first-order valence-corrected chi connectivity index (χ1v) is 7.11. The van der Waals surface area contributed by atoms with Gasteiger partial charge in [0, 0.05) is 11.4 Å². The molecule has 0 atom stereocenters. The zero-order chi connectivity index (χ0) is 12.5. The topological polar surface area (TPSA) is 3.24 Å². The fourth-order valence-corrected chi connectivity index (χ4v) is 3.24. The maximum Gasteiger partial charge on any atom is 0.0508 e. The van der Waals surface area contributed by atoms with Gasteiger partial charge in [0.05, 0.1) is 5.69 Å². The van der Waals surface area contributed by atoms with Crippen LogP contribution in [-0.4, -0.2) is 6.54 Å². The fourth-order valence-electron chi connectivity index (χ4n) is 2.28. The molecule has 0 spiro atoms. The van der Waals surface area contributed by atoms with Crippen LogP contribution in [0, 0.1) is 13.8 Å². The van der Waals surface area contributed by atoms with Crippen molar-refractivity contribution in [3.05, 3.63) is 59.2 Å². The molecule has 0 saturated heterocycles. The third-order valence-electron chi connectivity index (χ3n) is 3.33. The molecule has 2 aromatic rings. The number of hydrogen-bond donors (Lipinski definition) is 0. The number of hydrogen-bond acceptors (Lipinski definition) is 2. The largest absolute Gasteiger partial charge is 0.312 e. The maximum atomic E-state index is 2.41. The van der Waals surface area contributed by atoms with Crippen LogP contribution in [0.15, 0.2) is 47.4 Å². The molecule has 0 amide bonds. The lowest BCUT2D eigenvalue weighted by molar-refractivity contribution is 1.05. The van der Waals surface area contributed by atoms with Crippen LogP contribution >= 0.6 is 11.9 Å². The van der Waals surface area contributed by atoms with Crippen LogP contribution in [-0.2, 0) is 6.42 Å². The Morgan fingerprint density at radius 1 is 0.944 bits per heavy atom. The van der Waals surface area contributed by atoms with E-state index in [4.69, 9.17) is 0 Å². The normalized spacial score (nSPS) is 13.8. The molecule has 0 fully saturated rings. The van der Waals surface area contributed by atoms with Gasteiger partial charge in [-0.15, -0.1) is 0 Å². The van der Waals surface area contributed by atoms with Gasteiger partial charge in [0.25, 0.3) is 0 Å². The number of aryl methyl sites for hydroxylation is 2. The molecule has 1 nitrogen and oxygen atoms in total. The van der Waals surface area contributed by atoms with Crippen LogP contribution < -0.4 is 4.31 Å². The van der Waals surface area contributed by atoms with E-state index >= 15 is 0 Å². The van der Waals surface area contributed by atoms with Crippen LogP contribution in [0.2, 0.25) is 0 Å². The highest BCUT2D eigenvalue weighted by Crippen LogP contribution is 2.36. The second-order valence-electron chi connectivity index (χ2n) is 4.89. The molecule has 0 aliphatic carbocycles. The van der Waals surface area contributed by atoms with Gasteiger partial charge in [0.1, 0.15) is 0 Å². The average Bonchev–Trinajstić information content (AvgIpc) is 2.75. The molecule has 0 bridgehead atoms. The number of fused-ring (bicyclic) bond motifs is 1. The van der Waals surface area contributed by atoms with E-state index in [-0.39, 0.29) is 0 Å². The van der Waals surface area contributed by atoms with Crippen LogP contribution in [0.25, 0.3) is 0 Å². The van der Waals surface area contributed by atoms with Gasteiger partial charge in [0.2, 0.25) is 0 Å². The Hall–Kier alpha value is -1.41. The predicted molar refractivity (Wildman–Crippen MR) is 79.3 cm³/mol. The molecule has 1 aliphatic rings. The standard InChI is InChI=1S/C16H17NS/c1-12-4-7-15(8-5-12)18-17-10-9-14-6-3-13(2)11-16(14)17/h3-8,11H,9-10H2,1-2H3. The third kappa shape index (κ3) is 2.25. The fraction of sp³-hybridized carbons (Fsp3) is 0.250. The van der Waals surface area contributed by atoms with Gasteiger partial charge in [-0.2, -0.15) is 0 Å². The summed E-state index contributed by atoms with van der Waals surface area (Å²) < 4.78 is 2.41. The molecule has 18 heavy (non-hydrogen) atoms. The quantitative estimate of drug-likeness (QED) is 0.733. The van der Waals surface area contributed by atoms with Gasteiger partial charge in [-0.1, -0.05) is 29.8 Å². The molecule has 2 aromatic carbocycles. The number of benzene rings is 2. The van der Waals surface area contributed by atoms with Crippen LogP contribution in [0.4, 0.5) is 5.69 Å². The zero-order valence-corrected chi connectivity index (χ0v) is 11.6. The van der Waals surface area contributed by atoms with E-state index in [1.165, 1.54) is 27.3 Å². The van der Waals surface area contributed by atoms with Gasteiger partial charge >= 0.3 is 0 Å². The van der Waals surface area contributed by atoms with Crippen molar-refractivity contribution < 1.29 is 0 Å². The number of rotatable bonds is 2. The van der Waals surface area contributed by atoms with Crippen LogP contribution in [0.1, 0.15) is 16.7 Å². The van der Waals surface area contributed by atoms with Crippen LogP contribution in [0.5, 0.6) is 0 Å². The Labute approximate surface area is 113 Å². The summed E-state index contributed by atoms with van der Waals surface area (Å²) in [7, 11) is 0. The van der Waals surface area contributed by atoms with Gasteiger partial charge in [-0.3, -0.25) is 0 Å². The van der Waals surface area contributed by atoms with E-state index in [9.17, 15) is 0 Å². The van der Waals surface area contributed by atoms with Gasteiger partial charge in [0.15, 0.2) is 0 Å². The zero-order valence-electron chi connectivity index (χ0n) is 10.8. The Morgan fingerprint density at radius 3 is 2.44 bits per heavy atom. The molecule has 2 heteroatoms. The van der Waals surface area contributed by atoms with Crippen molar-refractivity contribution in [3.8, 4) is 0 Å². The van der Waals surface area contributed by atoms with E-state index in [1.807, 2.05) is 11.9 Å². The molecule has 3 rings (SSSR count). The number of anilines is 1. The molecule has 1 aliphatic heterocycles. The summed E-state index contributed by atoms with van der Waals surface area (Å²) in [6.45, 7) is 5.40. The average molecular weight is 255 g/mol. The van der Waals surface area contributed by atoms with Crippen molar-refractivity contribution in [2.24, 2.45) is 0 Å². The summed E-state index contributed by atoms with van der Waals surface area (Å²) in [6.07, 6.45) is 1.16. The summed E-state index contributed by atoms with van der Waals surface area (Å²) in [6, 6.07) is 15.5. The first-order chi connectivity index (χ1) is 8.72. The first-order valence-electron chi connectivity index (χ1n) is 6.34. The minimum Gasteiger partial charge on any atom is -0.312 e. The highest BCUT2D eigenvalue weighted by atomic mass is 32.2. The smallest absolute Gasteiger partial charge is 0.0508 e. The predicted octanol–water partition coefficient (Wildman–Crippen LogP) is 4.37. The summed E-state index contributed by atoms with van der Waals surface area (Å²) in [5.41, 5.74) is 5.52. The van der Waals surface area contributed by atoms with Gasteiger partial charge in [-0.05, 0) is 61.5 Å². The Morgan fingerprint density at radius 2 is 1.67 bits per heavy atom. The SMILES string of the molecule is Cc1ccc(SN2CCc3ccc(C)cc32)cc1. The molecule has 0 aromatic heterocycles. The molecule has 92 valence electrons. The lowest BCUT2D eigenvalue weighted by Gasteiger charge is -2.18. The van der Waals surface area contributed by atoms with E-state index in [1.54, 1.807) is 0 Å². The highest BCUT2D eigenvalue weighted by molar-refractivity contribution is 8.00. The lowest BCUT2D eigenvalue weighted by atomic mass is 10.1. The Bertz CT molecular complexity index is 560. The van der Waals surface area contributed by atoms with E-state index in [0.717, 1.165) is 13.0 Å². The summed E-state index contributed by atoms with van der Waals surface area (Å²) in [5.74, 6) is 0. The van der Waals surface area contributed by atoms with Crippen molar-refractivity contribution in [3.63, 3.8) is 0 Å². The van der Waals surface area contributed by atoms with E-state index in [0.29, 0.717) is 0 Å². The van der Waals surface area contributed by atoms with Gasteiger partial charge in [-0.25, -0.2) is 0 Å². The minimum atomic E-state index is 1.11. The summed E-state index contributed by atoms with van der Waals surface area (Å²) in [5, 5.41) is 0. The monoisotopic (exact) mass is 255 g/mol. The molecular weight excluding hydrogens is 238 g/mol. The Balaban J connectivity index is 1.84. The van der Waals surface area contributed by atoms with Crippen LogP contribution in [0.3, 0.4) is 0 Å².